The predicted molar refractivity (Wildman–Crippen MR) is 152 cm³/mol. The van der Waals surface area contributed by atoms with E-state index in [0.29, 0.717) is 28.1 Å². The van der Waals surface area contributed by atoms with Crippen molar-refractivity contribution in [2.24, 2.45) is 0 Å². The molecule has 3 aromatic rings. The summed E-state index contributed by atoms with van der Waals surface area (Å²) in [6.07, 6.45) is 1.64. The molecule has 1 heterocycles. The molecule has 1 aromatic heterocycles. The molecule has 37 heavy (non-hydrogen) atoms. The molecule has 0 saturated carbocycles. The minimum absolute atomic E-state index is 0.115. The van der Waals surface area contributed by atoms with E-state index in [1.165, 1.54) is 4.90 Å². The van der Waals surface area contributed by atoms with E-state index >= 15 is 0 Å². The summed E-state index contributed by atoms with van der Waals surface area (Å²) < 4.78 is 1.76. The lowest BCUT2D eigenvalue weighted by molar-refractivity contribution is -0.116. The number of amides is 3. The number of unbranched alkanes of at least 4 members (excludes halogenated alkanes) is 1. The average molecular weight is 545 g/mol. The molecule has 7 nitrogen and oxygen atoms in total. The second-order valence-corrected chi connectivity index (χ2v) is 11.1. The topological polar surface area (TPSA) is 79.3 Å². The highest BCUT2D eigenvalue weighted by molar-refractivity contribution is 6.42. The Balaban J connectivity index is 1.83. The molecule has 0 aliphatic carbocycles. The van der Waals surface area contributed by atoms with Gasteiger partial charge < -0.3 is 15.5 Å². The average Bonchev–Trinajstić information content (AvgIpc) is 3.23. The van der Waals surface area contributed by atoms with Gasteiger partial charge in [0.2, 0.25) is 5.91 Å². The van der Waals surface area contributed by atoms with Gasteiger partial charge in [0.1, 0.15) is 12.4 Å². The number of benzene rings is 2. The van der Waals surface area contributed by atoms with Gasteiger partial charge >= 0.3 is 6.03 Å². The lowest BCUT2D eigenvalue weighted by atomic mass is 9.92. The Labute approximate surface area is 229 Å². The van der Waals surface area contributed by atoms with Gasteiger partial charge in [0.05, 0.1) is 21.4 Å². The van der Waals surface area contributed by atoms with Crippen LogP contribution < -0.4 is 10.6 Å². The van der Waals surface area contributed by atoms with Crippen molar-refractivity contribution in [2.75, 3.05) is 23.7 Å². The van der Waals surface area contributed by atoms with E-state index in [1.807, 2.05) is 39.0 Å². The molecule has 198 valence electrons. The van der Waals surface area contributed by atoms with Crippen molar-refractivity contribution in [2.45, 2.75) is 59.8 Å². The predicted octanol–water partition coefficient (Wildman–Crippen LogP) is 7.37. The molecular weight excluding hydrogens is 509 g/mol. The van der Waals surface area contributed by atoms with Gasteiger partial charge in [0, 0.05) is 23.7 Å². The Morgan fingerprint density at radius 2 is 1.73 bits per heavy atom. The maximum absolute atomic E-state index is 13.2. The summed E-state index contributed by atoms with van der Waals surface area (Å²) in [7, 11) is 0. The Morgan fingerprint density at radius 1 is 1.00 bits per heavy atom. The van der Waals surface area contributed by atoms with Crippen LogP contribution in [-0.4, -0.2) is 39.7 Å². The van der Waals surface area contributed by atoms with E-state index in [2.05, 4.69) is 37.5 Å². The van der Waals surface area contributed by atoms with E-state index in [0.717, 1.165) is 35.3 Å². The van der Waals surface area contributed by atoms with E-state index in [1.54, 1.807) is 22.9 Å². The molecule has 0 saturated heterocycles. The van der Waals surface area contributed by atoms with Crippen LogP contribution in [0.5, 0.6) is 0 Å². The standard InChI is InChI=1S/C28H35Cl2N5O2/c1-7-8-13-34(27(37)31-20-10-11-21(29)22(30)15-20)17-26(36)32-25-16-24(28(4,5)6)33-35(25)23-12-9-18(2)14-19(23)3/h9-12,14-16H,7-8,13,17H2,1-6H3,(H,31,37)(H,32,36). The third-order valence-electron chi connectivity index (χ3n) is 5.90. The minimum atomic E-state index is -0.389. The summed E-state index contributed by atoms with van der Waals surface area (Å²) in [5, 5.41) is 11.4. The van der Waals surface area contributed by atoms with Crippen molar-refractivity contribution in [1.82, 2.24) is 14.7 Å². The second-order valence-electron chi connectivity index (χ2n) is 10.2. The van der Waals surface area contributed by atoms with Gasteiger partial charge in [-0.15, -0.1) is 0 Å². The number of halogens is 2. The molecule has 2 N–H and O–H groups in total. The maximum Gasteiger partial charge on any atom is 0.322 e. The van der Waals surface area contributed by atoms with Gasteiger partial charge in [-0.05, 0) is 50.1 Å². The summed E-state index contributed by atoms with van der Waals surface area (Å²) in [6.45, 7) is 12.6. The summed E-state index contributed by atoms with van der Waals surface area (Å²) in [5.41, 5.74) is 4.22. The number of carbonyl (C=O) groups excluding carboxylic acids is 2. The summed E-state index contributed by atoms with van der Waals surface area (Å²) in [6, 6.07) is 12.5. The molecule has 0 aliphatic heterocycles. The van der Waals surface area contributed by atoms with Crippen molar-refractivity contribution in [3.63, 3.8) is 0 Å². The molecule has 0 unspecified atom stereocenters. The fourth-order valence-electron chi connectivity index (χ4n) is 3.80. The van der Waals surface area contributed by atoms with E-state index in [4.69, 9.17) is 28.3 Å². The molecule has 0 aliphatic rings. The highest BCUT2D eigenvalue weighted by atomic mass is 35.5. The Hall–Kier alpha value is -3.03. The first-order chi connectivity index (χ1) is 17.4. The van der Waals surface area contributed by atoms with Crippen LogP contribution in [0.15, 0.2) is 42.5 Å². The number of urea groups is 1. The first-order valence-corrected chi connectivity index (χ1v) is 13.1. The van der Waals surface area contributed by atoms with Crippen LogP contribution in [0.25, 0.3) is 5.69 Å². The van der Waals surface area contributed by atoms with Crippen molar-refractivity contribution in [3.8, 4) is 5.69 Å². The van der Waals surface area contributed by atoms with E-state index in [9.17, 15) is 9.59 Å². The van der Waals surface area contributed by atoms with Crippen LogP contribution in [-0.2, 0) is 10.2 Å². The quantitative estimate of drug-likeness (QED) is 0.311. The van der Waals surface area contributed by atoms with Crippen LogP contribution in [0.2, 0.25) is 10.0 Å². The molecule has 0 bridgehead atoms. The highest BCUT2D eigenvalue weighted by Gasteiger charge is 2.23. The van der Waals surface area contributed by atoms with Crippen molar-refractivity contribution >= 4 is 46.6 Å². The highest BCUT2D eigenvalue weighted by Crippen LogP contribution is 2.28. The van der Waals surface area contributed by atoms with Crippen LogP contribution in [0.3, 0.4) is 0 Å². The van der Waals surface area contributed by atoms with Gasteiger partial charge in [0.15, 0.2) is 0 Å². The van der Waals surface area contributed by atoms with Gasteiger partial charge in [-0.3, -0.25) is 4.79 Å². The van der Waals surface area contributed by atoms with Gasteiger partial charge in [-0.25, -0.2) is 9.48 Å². The smallest absolute Gasteiger partial charge is 0.315 e. The largest absolute Gasteiger partial charge is 0.322 e. The molecule has 9 heteroatoms. The molecule has 2 aromatic carbocycles. The summed E-state index contributed by atoms with van der Waals surface area (Å²) >= 11 is 12.1. The molecule has 0 spiro atoms. The second kappa shape index (κ2) is 12.0. The fourth-order valence-corrected chi connectivity index (χ4v) is 4.09. The van der Waals surface area contributed by atoms with Gasteiger partial charge in [0.25, 0.3) is 0 Å². The minimum Gasteiger partial charge on any atom is -0.315 e. The lowest BCUT2D eigenvalue weighted by Crippen LogP contribution is -2.41. The van der Waals surface area contributed by atoms with Crippen molar-refractivity contribution in [3.05, 3.63) is 69.3 Å². The number of rotatable bonds is 8. The molecule has 0 fully saturated rings. The number of aryl methyl sites for hydroxylation is 2. The number of carbonyl (C=O) groups is 2. The van der Waals surface area contributed by atoms with Crippen molar-refractivity contribution in [1.29, 1.82) is 0 Å². The SMILES string of the molecule is CCCCN(CC(=O)Nc1cc(C(C)(C)C)nn1-c1ccc(C)cc1C)C(=O)Nc1ccc(Cl)c(Cl)c1. The normalized spacial score (nSPS) is 11.4. The third kappa shape index (κ3) is 7.49. The van der Waals surface area contributed by atoms with Crippen LogP contribution in [0.1, 0.15) is 57.4 Å². The molecule has 0 atom stereocenters. The zero-order chi connectivity index (χ0) is 27.3. The van der Waals surface area contributed by atoms with Gasteiger partial charge in [-0.2, -0.15) is 5.10 Å². The Bertz CT molecular complexity index is 1280. The van der Waals surface area contributed by atoms with Crippen LogP contribution in [0, 0.1) is 13.8 Å². The maximum atomic E-state index is 13.2. The zero-order valence-electron chi connectivity index (χ0n) is 22.3. The Kier molecular flexibility index (Phi) is 9.26. The lowest BCUT2D eigenvalue weighted by Gasteiger charge is -2.23. The third-order valence-corrected chi connectivity index (χ3v) is 6.64. The first-order valence-electron chi connectivity index (χ1n) is 12.4. The number of anilines is 2. The number of nitrogens with one attached hydrogen (secondary N) is 2. The van der Waals surface area contributed by atoms with Crippen molar-refractivity contribution < 1.29 is 9.59 Å². The van der Waals surface area contributed by atoms with Crippen LogP contribution >= 0.6 is 23.2 Å². The summed E-state index contributed by atoms with van der Waals surface area (Å²) in [4.78, 5) is 27.7. The summed E-state index contributed by atoms with van der Waals surface area (Å²) in [5.74, 6) is 0.244. The van der Waals surface area contributed by atoms with Gasteiger partial charge in [-0.1, -0.05) is 75.0 Å². The van der Waals surface area contributed by atoms with Crippen LogP contribution in [0.4, 0.5) is 16.3 Å². The zero-order valence-corrected chi connectivity index (χ0v) is 23.8. The van der Waals surface area contributed by atoms with E-state index < -0.39 is 0 Å². The Morgan fingerprint density at radius 3 is 2.35 bits per heavy atom. The molecule has 3 amide bonds. The molecular formula is C28H35Cl2N5O2. The first kappa shape index (κ1) is 28.5. The molecule has 0 radical (unpaired) electrons. The number of hydrogen-bond acceptors (Lipinski definition) is 3. The molecule has 3 rings (SSSR count). The number of aromatic nitrogens is 2. The monoisotopic (exact) mass is 543 g/mol. The number of hydrogen-bond donors (Lipinski definition) is 2. The van der Waals surface area contributed by atoms with E-state index in [-0.39, 0.29) is 23.9 Å². The fraction of sp³-hybridized carbons (Fsp3) is 0.393. The number of nitrogens with zero attached hydrogens (tertiary/aromatic N) is 3.